The molecule has 2 bridgehead atoms. The highest BCUT2D eigenvalue weighted by Crippen LogP contribution is 2.47. The number of fused-ring (bicyclic) bond motifs is 2. The third-order valence-electron chi connectivity index (χ3n) is 5.18. The maximum absolute atomic E-state index is 3.78. The van der Waals surface area contributed by atoms with Gasteiger partial charge in [0, 0.05) is 17.5 Å². The summed E-state index contributed by atoms with van der Waals surface area (Å²) in [4.78, 5) is 0. The fourth-order valence-corrected chi connectivity index (χ4v) is 4.30. The molecule has 2 aromatic carbocycles. The number of hydrogen-bond acceptors (Lipinski definition) is 1. The van der Waals surface area contributed by atoms with Crippen LogP contribution >= 0.6 is 0 Å². The Morgan fingerprint density at radius 2 is 1.15 bits per heavy atom. The molecule has 2 heterocycles. The van der Waals surface area contributed by atoms with Crippen LogP contribution in [0.5, 0.6) is 0 Å². The molecule has 1 heteroatoms. The topological polar surface area (TPSA) is 12.0 Å². The number of rotatable bonds is 2. The van der Waals surface area contributed by atoms with Gasteiger partial charge in [0.2, 0.25) is 0 Å². The van der Waals surface area contributed by atoms with Gasteiger partial charge in [-0.05, 0) is 36.8 Å². The highest BCUT2D eigenvalue weighted by molar-refractivity contribution is 5.41. The van der Waals surface area contributed by atoms with Gasteiger partial charge in [-0.1, -0.05) is 60.7 Å². The Balaban J connectivity index is 1.85. The summed E-state index contributed by atoms with van der Waals surface area (Å²) in [7, 11) is 0. The zero-order chi connectivity index (χ0) is 13.4. The van der Waals surface area contributed by atoms with Crippen molar-refractivity contribution < 1.29 is 0 Å². The first-order valence-corrected chi connectivity index (χ1v) is 7.74. The lowest BCUT2D eigenvalue weighted by molar-refractivity contribution is 0.289. The molecular formula is C19H21N. The predicted molar refractivity (Wildman–Crippen MR) is 82.8 cm³/mol. The molecule has 0 unspecified atom stereocenters. The van der Waals surface area contributed by atoms with Crippen LogP contribution in [0.3, 0.4) is 0 Å². The number of piperidine rings is 1. The van der Waals surface area contributed by atoms with Gasteiger partial charge in [-0.2, -0.15) is 0 Å². The van der Waals surface area contributed by atoms with Crippen molar-refractivity contribution in [3.63, 3.8) is 0 Å². The second-order valence-corrected chi connectivity index (χ2v) is 6.36. The minimum Gasteiger partial charge on any atom is -0.311 e. The van der Waals surface area contributed by atoms with Crippen LogP contribution in [0.2, 0.25) is 0 Å². The minimum atomic E-state index is 0.208. The Kier molecular flexibility index (Phi) is 2.89. The Morgan fingerprint density at radius 3 is 1.60 bits per heavy atom. The van der Waals surface area contributed by atoms with Gasteiger partial charge in [0.1, 0.15) is 0 Å². The molecule has 4 rings (SSSR count). The normalized spacial score (nSPS) is 27.4. The molecule has 0 spiro atoms. The Labute approximate surface area is 121 Å². The summed E-state index contributed by atoms with van der Waals surface area (Å²) in [6.07, 6.45) is 5.15. The van der Waals surface area contributed by atoms with Gasteiger partial charge < -0.3 is 5.32 Å². The van der Waals surface area contributed by atoms with E-state index in [1.54, 1.807) is 0 Å². The van der Waals surface area contributed by atoms with E-state index in [9.17, 15) is 0 Å². The zero-order valence-electron chi connectivity index (χ0n) is 11.8. The first kappa shape index (κ1) is 12.2. The third-order valence-corrected chi connectivity index (χ3v) is 5.18. The fraction of sp³-hybridized carbons (Fsp3) is 0.368. The van der Waals surface area contributed by atoms with Crippen LogP contribution in [0.15, 0.2) is 60.7 Å². The van der Waals surface area contributed by atoms with E-state index in [1.165, 1.54) is 36.8 Å². The van der Waals surface area contributed by atoms with Gasteiger partial charge in [-0.3, -0.25) is 0 Å². The van der Waals surface area contributed by atoms with Crippen LogP contribution in [0.1, 0.15) is 36.8 Å². The molecule has 0 saturated carbocycles. The largest absolute Gasteiger partial charge is 0.311 e. The zero-order valence-corrected chi connectivity index (χ0v) is 11.8. The van der Waals surface area contributed by atoms with E-state index in [4.69, 9.17) is 0 Å². The molecular weight excluding hydrogens is 242 g/mol. The van der Waals surface area contributed by atoms with E-state index in [0.717, 1.165) is 0 Å². The number of benzene rings is 2. The van der Waals surface area contributed by atoms with Crippen LogP contribution in [-0.2, 0) is 5.41 Å². The lowest BCUT2D eigenvalue weighted by atomic mass is 9.66. The van der Waals surface area contributed by atoms with E-state index in [1.807, 2.05) is 0 Å². The molecule has 2 aromatic rings. The number of nitrogens with one attached hydrogen (secondary N) is 1. The van der Waals surface area contributed by atoms with Crippen LogP contribution in [0.25, 0.3) is 0 Å². The van der Waals surface area contributed by atoms with Crippen molar-refractivity contribution in [3.05, 3.63) is 71.8 Å². The lowest BCUT2D eigenvalue weighted by Gasteiger charge is -2.42. The van der Waals surface area contributed by atoms with E-state index in [-0.39, 0.29) is 5.41 Å². The molecule has 0 aromatic heterocycles. The number of hydrogen-bond donors (Lipinski definition) is 1. The average Bonchev–Trinajstić information content (AvgIpc) is 2.88. The summed E-state index contributed by atoms with van der Waals surface area (Å²) in [6.45, 7) is 0. The summed E-state index contributed by atoms with van der Waals surface area (Å²) in [6, 6.07) is 23.6. The van der Waals surface area contributed by atoms with E-state index < -0.39 is 0 Å². The van der Waals surface area contributed by atoms with Crippen LogP contribution in [0.4, 0.5) is 0 Å². The molecule has 20 heavy (non-hydrogen) atoms. The highest BCUT2D eigenvalue weighted by Gasteiger charge is 2.45. The molecule has 2 aliphatic heterocycles. The van der Waals surface area contributed by atoms with Crippen molar-refractivity contribution in [2.24, 2.45) is 0 Å². The maximum Gasteiger partial charge on any atom is 0.0232 e. The molecule has 2 atom stereocenters. The van der Waals surface area contributed by atoms with Crippen LogP contribution in [0, 0.1) is 0 Å². The van der Waals surface area contributed by atoms with Crippen molar-refractivity contribution in [1.29, 1.82) is 0 Å². The Hall–Kier alpha value is -1.60. The molecule has 2 aliphatic rings. The smallest absolute Gasteiger partial charge is 0.0232 e. The molecule has 0 aliphatic carbocycles. The molecule has 0 radical (unpaired) electrons. The standard InChI is InChI=1S/C19H21N/c1-3-7-15(8-4-1)19(16-9-5-2-6-10-16)13-17-11-12-18(14-19)20-17/h1-10,17-18,20H,11-14H2/t17-,18+. The van der Waals surface area contributed by atoms with E-state index in [2.05, 4.69) is 66.0 Å². The molecule has 2 saturated heterocycles. The predicted octanol–water partition coefficient (Wildman–Crippen LogP) is 3.89. The van der Waals surface area contributed by atoms with Gasteiger partial charge >= 0.3 is 0 Å². The molecule has 1 N–H and O–H groups in total. The summed E-state index contributed by atoms with van der Waals surface area (Å²) in [5, 5.41) is 3.78. The van der Waals surface area contributed by atoms with E-state index >= 15 is 0 Å². The van der Waals surface area contributed by atoms with Crippen molar-refractivity contribution in [2.75, 3.05) is 0 Å². The summed E-state index contributed by atoms with van der Waals surface area (Å²) in [5.74, 6) is 0. The van der Waals surface area contributed by atoms with Crippen molar-refractivity contribution in [3.8, 4) is 0 Å². The fourth-order valence-electron chi connectivity index (χ4n) is 4.30. The SMILES string of the molecule is c1ccc(C2(c3ccccc3)C[C@H]3CC[C@@H](C2)N3)cc1. The molecule has 2 fully saturated rings. The van der Waals surface area contributed by atoms with Crippen molar-refractivity contribution >= 4 is 0 Å². The second kappa shape index (κ2) is 4.75. The molecule has 0 amide bonds. The van der Waals surface area contributed by atoms with Crippen molar-refractivity contribution in [1.82, 2.24) is 5.32 Å². The summed E-state index contributed by atoms with van der Waals surface area (Å²) >= 11 is 0. The van der Waals surface area contributed by atoms with Gasteiger partial charge in [0.15, 0.2) is 0 Å². The van der Waals surface area contributed by atoms with Crippen LogP contribution < -0.4 is 5.32 Å². The summed E-state index contributed by atoms with van der Waals surface area (Å²) < 4.78 is 0. The van der Waals surface area contributed by atoms with Gasteiger partial charge in [0.25, 0.3) is 0 Å². The average molecular weight is 263 g/mol. The van der Waals surface area contributed by atoms with E-state index in [0.29, 0.717) is 12.1 Å². The minimum absolute atomic E-state index is 0.208. The Morgan fingerprint density at radius 1 is 0.700 bits per heavy atom. The van der Waals surface area contributed by atoms with Crippen molar-refractivity contribution in [2.45, 2.75) is 43.2 Å². The molecule has 102 valence electrons. The third kappa shape index (κ3) is 1.89. The lowest BCUT2D eigenvalue weighted by Crippen LogP contribution is -2.47. The second-order valence-electron chi connectivity index (χ2n) is 6.36. The Bertz CT molecular complexity index is 522. The van der Waals surface area contributed by atoms with Crippen LogP contribution in [-0.4, -0.2) is 12.1 Å². The van der Waals surface area contributed by atoms with Gasteiger partial charge in [-0.15, -0.1) is 0 Å². The molecule has 1 nitrogen and oxygen atoms in total. The quantitative estimate of drug-likeness (QED) is 0.867. The van der Waals surface area contributed by atoms with Gasteiger partial charge in [-0.25, -0.2) is 0 Å². The summed E-state index contributed by atoms with van der Waals surface area (Å²) in [5.41, 5.74) is 3.19. The monoisotopic (exact) mass is 263 g/mol. The maximum atomic E-state index is 3.78. The first-order chi connectivity index (χ1) is 9.87. The van der Waals surface area contributed by atoms with Gasteiger partial charge in [0.05, 0.1) is 0 Å². The first-order valence-electron chi connectivity index (χ1n) is 7.74. The highest BCUT2D eigenvalue weighted by atomic mass is 15.0.